The molecule has 2 aromatic heterocycles. The summed E-state index contributed by atoms with van der Waals surface area (Å²) in [6, 6.07) is 19.9. The first-order valence-corrected chi connectivity index (χ1v) is 11.7. The Morgan fingerprint density at radius 2 is 1.88 bits per heavy atom. The van der Waals surface area contributed by atoms with Crippen LogP contribution in [0.1, 0.15) is 35.4 Å². The van der Waals surface area contributed by atoms with Gasteiger partial charge < -0.3 is 19.2 Å². The van der Waals surface area contributed by atoms with Crippen molar-refractivity contribution in [1.29, 1.82) is 0 Å². The number of nitrogens with zero attached hydrogens (tertiary/aromatic N) is 2. The van der Waals surface area contributed by atoms with E-state index in [4.69, 9.17) is 4.42 Å². The third kappa shape index (κ3) is 2.99. The van der Waals surface area contributed by atoms with Gasteiger partial charge >= 0.3 is 0 Å². The van der Waals surface area contributed by atoms with Crippen LogP contribution in [0.4, 0.5) is 0 Å². The first kappa shape index (κ1) is 20.3. The highest BCUT2D eigenvalue weighted by molar-refractivity contribution is 9.10. The minimum Gasteiger partial charge on any atom is -0.467 e. The van der Waals surface area contributed by atoms with E-state index in [1.54, 1.807) is 22.1 Å². The number of fused-ring (bicyclic) bond motifs is 5. The van der Waals surface area contributed by atoms with Crippen LogP contribution in [-0.2, 0) is 21.7 Å². The maximum absolute atomic E-state index is 13.9. The zero-order valence-electron chi connectivity index (χ0n) is 18.0. The molecule has 1 fully saturated rings. The fourth-order valence-electron chi connectivity index (χ4n) is 5.39. The summed E-state index contributed by atoms with van der Waals surface area (Å²) in [5.41, 5.74) is 2.86. The number of para-hydroxylation sites is 1. The Morgan fingerprint density at radius 1 is 1.09 bits per heavy atom. The number of halogens is 1. The monoisotopic (exact) mass is 503 g/mol. The average molecular weight is 504 g/mol. The Kier molecular flexibility index (Phi) is 4.52. The number of H-pyrrole nitrogens is 1. The van der Waals surface area contributed by atoms with Gasteiger partial charge in [-0.1, -0.05) is 46.3 Å². The number of aromatic nitrogens is 1. The summed E-state index contributed by atoms with van der Waals surface area (Å²) in [6.07, 6.45) is 1.58. The number of furan rings is 1. The smallest absolute Gasteiger partial charge is 0.255 e. The number of rotatable bonds is 3. The molecule has 2 aliphatic rings. The SMILES string of the molecule is C[C@]12C(=O)N(Cc3ccco3)CC(=O)N1C[C@H](c1ccc(Br)cc1)c1c2[nH]c2ccccc12. The molecule has 6 nitrogen and oxygen atoms in total. The van der Waals surface area contributed by atoms with Gasteiger partial charge in [-0.05, 0) is 48.4 Å². The van der Waals surface area contributed by atoms with Crippen LogP contribution in [0.2, 0.25) is 0 Å². The number of nitrogens with one attached hydrogen (secondary N) is 1. The fourth-order valence-corrected chi connectivity index (χ4v) is 5.65. The standard InChI is InChI=1S/C26H22BrN3O3/c1-26-24-23(19-6-2-3-7-21(19)28-24)20(16-8-10-17(27)11-9-16)14-30(26)22(31)15-29(25(26)32)13-18-5-4-12-33-18/h2-12,20,28H,13-15H2,1H3/t20-,26+/m1/s1. The normalized spacial score (nSPS) is 22.5. The number of carbonyl (C=O) groups excluding carboxylic acids is 2. The number of hydrogen-bond acceptors (Lipinski definition) is 3. The fraction of sp³-hybridized carbons (Fsp3) is 0.231. The van der Waals surface area contributed by atoms with Crippen molar-refractivity contribution in [2.75, 3.05) is 13.1 Å². The lowest BCUT2D eigenvalue weighted by atomic mass is 9.76. The summed E-state index contributed by atoms with van der Waals surface area (Å²) >= 11 is 3.52. The Bertz CT molecular complexity index is 1380. The van der Waals surface area contributed by atoms with Crippen LogP contribution < -0.4 is 0 Å². The highest BCUT2D eigenvalue weighted by Crippen LogP contribution is 2.48. The predicted molar refractivity (Wildman–Crippen MR) is 127 cm³/mol. The second-order valence-corrected chi connectivity index (χ2v) is 9.80. The third-order valence-corrected chi connectivity index (χ3v) is 7.55. The molecule has 0 radical (unpaired) electrons. The Labute approximate surface area is 199 Å². The second-order valence-electron chi connectivity index (χ2n) is 8.88. The summed E-state index contributed by atoms with van der Waals surface area (Å²) in [6.45, 7) is 2.63. The zero-order valence-corrected chi connectivity index (χ0v) is 19.6. The molecule has 0 bridgehead atoms. The van der Waals surface area contributed by atoms with Gasteiger partial charge in [-0.2, -0.15) is 0 Å². The highest BCUT2D eigenvalue weighted by Gasteiger charge is 2.56. The zero-order chi connectivity index (χ0) is 22.7. The minimum atomic E-state index is -1.11. The molecular formula is C26H22BrN3O3. The van der Waals surface area contributed by atoms with Crippen LogP contribution in [-0.4, -0.2) is 39.7 Å². The van der Waals surface area contributed by atoms with Gasteiger partial charge in [0.25, 0.3) is 5.91 Å². The van der Waals surface area contributed by atoms with E-state index >= 15 is 0 Å². The number of piperazine rings is 1. The van der Waals surface area contributed by atoms with Gasteiger partial charge in [-0.15, -0.1) is 0 Å². The van der Waals surface area contributed by atoms with Crippen molar-refractivity contribution in [3.63, 3.8) is 0 Å². The quantitative estimate of drug-likeness (QED) is 0.438. The summed E-state index contributed by atoms with van der Waals surface area (Å²) in [7, 11) is 0. The van der Waals surface area contributed by atoms with E-state index in [9.17, 15) is 9.59 Å². The Balaban J connectivity index is 1.53. The second kappa shape index (κ2) is 7.35. The molecule has 0 aliphatic carbocycles. The molecule has 1 saturated heterocycles. The van der Waals surface area contributed by atoms with E-state index in [0.29, 0.717) is 12.3 Å². The number of hydrogen-bond donors (Lipinski definition) is 1. The van der Waals surface area contributed by atoms with Crippen molar-refractivity contribution in [2.45, 2.75) is 24.9 Å². The molecule has 0 saturated carbocycles. The number of carbonyl (C=O) groups is 2. The van der Waals surface area contributed by atoms with E-state index < -0.39 is 5.54 Å². The van der Waals surface area contributed by atoms with Crippen LogP contribution >= 0.6 is 15.9 Å². The van der Waals surface area contributed by atoms with Crippen molar-refractivity contribution in [2.24, 2.45) is 0 Å². The van der Waals surface area contributed by atoms with E-state index in [1.807, 2.05) is 43.3 Å². The molecule has 33 heavy (non-hydrogen) atoms. The molecule has 2 aliphatic heterocycles. The third-order valence-electron chi connectivity index (χ3n) is 7.02. The van der Waals surface area contributed by atoms with Crippen molar-refractivity contribution in [1.82, 2.24) is 14.8 Å². The molecule has 0 spiro atoms. The molecular weight excluding hydrogens is 482 g/mol. The maximum Gasteiger partial charge on any atom is 0.255 e. The highest BCUT2D eigenvalue weighted by atomic mass is 79.9. The van der Waals surface area contributed by atoms with Crippen LogP contribution in [0.25, 0.3) is 10.9 Å². The van der Waals surface area contributed by atoms with Crippen LogP contribution in [0, 0.1) is 0 Å². The lowest BCUT2D eigenvalue weighted by Crippen LogP contribution is -2.67. The summed E-state index contributed by atoms with van der Waals surface area (Å²) in [5.74, 6) is 0.468. The molecule has 2 atom stereocenters. The van der Waals surface area contributed by atoms with Gasteiger partial charge in [0, 0.05) is 27.8 Å². The lowest BCUT2D eigenvalue weighted by molar-refractivity contribution is -0.167. The van der Waals surface area contributed by atoms with Crippen LogP contribution in [0.5, 0.6) is 0 Å². The molecule has 4 heterocycles. The Hall–Kier alpha value is -3.32. The van der Waals surface area contributed by atoms with Gasteiger partial charge in [0.2, 0.25) is 5.91 Å². The molecule has 1 N–H and O–H groups in total. The summed E-state index contributed by atoms with van der Waals surface area (Å²) in [4.78, 5) is 34.3. The Morgan fingerprint density at radius 3 is 2.64 bits per heavy atom. The van der Waals surface area contributed by atoms with Gasteiger partial charge in [0.1, 0.15) is 12.3 Å². The van der Waals surface area contributed by atoms with Crippen LogP contribution in [0.3, 0.4) is 0 Å². The lowest BCUT2D eigenvalue weighted by Gasteiger charge is -2.51. The first-order valence-electron chi connectivity index (χ1n) is 11.0. The topological polar surface area (TPSA) is 69.6 Å². The molecule has 7 heteroatoms. The van der Waals surface area contributed by atoms with Gasteiger partial charge in [0.15, 0.2) is 5.54 Å². The number of benzene rings is 2. The van der Waals surface area contributed by atoms with Gasteiger partial charge in [-0.3, -0.25) is 9.59 Å². The molecule has 2 aromatic carbocycles. The van der Waals surface area contributed by atoms with E-state index in [1.165, 1.54) is 0 Å². The first-order chi connectivity index (χ1) is 16.0. The van der Waals surface area contributed by atoms with Crippen molar-refractivity contribution in [3.8, 4) is 0 Å². The van der Waals surface area contributed by atoms with Crippen molar-refractivity contribution < 1.29 is 14.0 Å². The predicted octanol–water partition coefficient (Wildman–Crippen LogP) is 4.76. The van der Waals surface area contributed by atoms with E-state index in [-0.39, 0.29) is 30.8 Å². The molecule has 0 unspecified atom stereocenters. The average Bonchev–Trinajstić information content (AvgIpc) is 3.47. The van der Waals surface area contributed by atoms with Crippen molar-refractivity contribution in [3.05, 3.63) is 94.0 Å². The molecule has 4 aromatic rings. The van der Waals surface area contributed by atoms with Gasteiger partial charge in [0.05, 0.1) is 18.5 Å². The summed E-state index contributed by atoms with van der Waals surface area (Å²) in [5, 5.41) is 1.09. The maximum atomic E-state index is 13.9. The van der Waals surface area contributed by atoms with E-state index in [0.717, 1.165) is 32.2 Å². The van der Waals surface area contributed by atoms with Crippen molar-refractivity contribution >= 4 is 38.6 Å². The number of aromatic amines is 1. The molecule has 6 rings (SSSR count). The largest absolute Gasteiger partial charge is 0.467 e. The van der Waals surface area contributed by atoms with E-state index in [2.05, 4.69) is 39.1 Å². The molecule has 166 valence electrons. The number of amides is 2. The minimum absolute atomic E-state index is 0.0364. The van der Waals surface area contributed by atoms with Gasteiger partial charge in [-0.25, -0.2) is 0 Å². The summed E-state index contributed by atoms with van der Waals surface area (Å²) < 4.78 is 6.46. The van der Waals surface area contributed by atoms with Crippen LogP contribution in [0.15, 0.2) is 75.8 Å². The molecule has 2 amide bonds.